The number of piperidine rings is 1. The van der Waals surface area contributed by atoms with Gasteiger partial charge in [-0.05, 0) is 98.9 Å². The fraction of sp³-hybridized carbons (Fsp3) is 0.821. The van der Waals surface area contributed by atoms with Gasteiger partial charge in [0.05, 0.1) is 36.3 Å². The number of allylic oxidation sites excluding steroid dienone is 2. The van der Waals surface area contributed by atoms with Crippen LogP contribution in [0.3, 0.4) is 0 Å². The lowest BCUT2D eigenvalue weighted by Gasteiger charge is -2.49. The molecular weight excluding hydrogens is 604 g/mol. The summed E-state index contributed by atoms with van der Waals surface area (Å²) in [7, 11) is 0. The Morgan fingerprint density at radius 3 is 2.77 bits per heavy atom. The first-order chi connectivity index (χ1) is 22.9. The molecule has 1 aromatic heterocycles. The number of fused-ring (bicyclic) bond motifs is 6. The highest BCUT2D eigenvalue weighted by Crippen LogP contribution is 2.65. The number of esters is 1. The minimum Gasteiger partial charge on any atom is -0.457 e. The van der Waals surface area contributed by atoms with Crippen LogP contribution in [0, 0.1) is 46.8 Å². The first-order valence-corrected chi connectivity index (χ1v) is 19.1. The van der Waals surface area contributed by atoms with Gasteiger partial charge in [0.25, 0.3) is 0 Å². The van der Waals surface area contributed by atoms with Gasteiger partial charge in [0, 0.05) is 37.9 Å². The Bertz CT molecular complexity index is 1490. The van der Waals surface area contributed by atoms with Crippen molar-refractivity contribution in [3.8, 4) is 0 Å². The third-order valence-corrected chi connectivity index (χ3v) is 14.8. The van der Waals surface area contributed by atoms with Crippen LogP contribution in [0.4, 0.5) is 0 Å². The molecule has 0 radical (unpaired) electrons. The van der Waals surface area contributed by atoms with Crippen LogP contribution in [0.25, 0.3) is 0 Å². The van der Waals surface area contributed by atoms with Crippen molar-refractivity contribution >= 4 is 5.97 Å². The Kier molecular flexibility index (Phi) is 8.29. The molecule has 1 N–H and O–H groups in total. The number of hydrogen-bond donors (Lipinski definition) is 1. The Balaban J connectivity index is 1.03. The number of aliphatic hydroxyl groups is 1. The molecule has 3 aliphatic heterocycles. The molecule has 0 amide bonds. The SMILES string of the molecule is CC(=O)O[C@@H]1C(C)[C@@H](C)CO[C@H]1n1cc(CN2C[C@@H](C)C[C@H]3O[C@]4(CC[C@@H]5C(=C4C)C[C@H]4[C@H]5CC=C5C[C@@H](O)CC[C@@]54C)[C@H](C)[C@@H]32)nn1. The molecule has 8 rings (SSSR count). The van der Waals surface area contributed by atoms with Crippen LogP contribution in [0.2, 0.25) is 0 Å². The molecule has 14 atom stereocenters. The molecule has 4 aliphatic carbocycles. The molecule has 9 nitrogen and oxygen atoms in total. The molecule has 5 fully saturated rings. The number of carbonyl (C=O) groups is 1. The van der Waals surface area contributed by atoms with E-state index in [1.54, 1.807) is 15.8 Å². The molecule has 4 heterocycles. The molecule has 0 bridgehead atoms. The molecule has 1 spiro atoms. The molecule has 9 heteroatoms. The van der Waals surface area contributed by atoms with E-state index in [1.165, 1.54) is 31.8 Å². The summed E-state index contributed by atoms with van der Waals surface area (Å²) in [6, 6.07) is 0.327. The summed E-state index contributed by atoms with van der Waals surface area (Å²) in [5.41, 5.74) is 5.74. The largest absolute Gasteiger partial charge is 0.457 e. The summed E-state index contributed by atoms with van der Waals surface area (Å²) < 4.78 is 21.1. The normalized spacial score (nSPS) is 47.3. The van der Waals surface area contributed by atoms with E-state index in [2.05, 4.69) is 62.8 Å². The molecule has 0 aromatic carbocycles. The van der Waals surface area contributed by atoms with Gasteiger partial charge in [-0.2, -0.15) is 0 Å². The fourth-order valence-corrected chi connectivity index (χ4v) is 12.0. The van der Waals surface area contributed by atoms with Crippen molar-refractivity contribution < 1.29 is 24.1 Å². The van der Waals surface area contributed by atoms with Crippen LogP contribution in [0.15, 0.2) is 29.0 Å². The summed E-state index contributed by atoms with van der Waals surface area (Å²) in [5, 5.41) is 19.6. The number of likely N-dealkylation sites (tertiary alicyclic amines) is 1. The van der Waals surface area contributed by atoms with E-state index in [0.29, 0.717) is 42.9 Å². The number of rotatable bonds is 4. The monoisotopic (exact) mass is 662 g/mol. The van der Waals surface area contributed by atoms with Gasteiger partial charge in [-0.15, -0.1) is 5.10 Å². The number of aliphatic hydroxyl groups excluding tert-OH is 1. The highest BCUT2D eigenvalue weighted by Gasteiger charge is 2.61. The smallest absolute Gasteiger partial charge is 0.303 e. The number of ether oxygens (including phenoxy) is 3. The number of carbonyl (C=O) groups excluding carboxylic acids is 1. The third-order valence-electron chi connectivity index (χ3n) is 14.8. The topological polar surface area (TPSA) is 98.9 Å². The van der Waals surface area contributed by atoms with Crippen LogP contribution in [0.1, 0.15) is 112 Å². The van der Waals surface area contributed by atoms with Crippen molar-refractivity contribution in [1.82, 2.24) is 19.9 Å². The third kappa shape index (κ3) is 5.11. The van der Waals surface area contributed by atoms with Crippen molar-refractivity contribution in [3.05, 3.63) is 34.7 Å². The van der Waals surface area contributed by atoms with Crippen molar-refractivity contribution in [2.45, 2.75) is 143 Å². The van der Waals surface area contributed by atoms with Gasteiger partial charge in [0.1, 0.15) is 0 Å². The second-order valence-corrected chi connectivity index (χ2v) is 17.5. The highest BCUT2D eigenvalue weighted by molar-refractivity contribution is 5.66. The van der Waals surface area contributed by atoms with Gasteiger partial charge >= 0.3 is 5.97 Å². The van der Waals surface area contributed by atoms with Crippen LogP contribution < -0.4 is 0 Å². The zero-order valence-electron chi connectivity index (χ0n) is 30.2. The quantitative estimate of drug-likeness (QED) is 0.299. The first-order valence-electron chi connectivity index (χ1n) is 19.1. The molecule has 264 valence electrons. The minimum atomic E-state index is -0.474. The lowest BCUT2D eigenvalue weighted by molar-refractivity contribution is -0.194. The van der Waals surface area contributed by atoms with Crippen LogP contribution in [0.5, 0.6) is 0 Å². The van der Waals surface area contributed by atoms with Crippen LogP contribution in [-0.4, -0.2) is 74.1 Å². The van der Waals surface area contributed by atoms with E-state index in [-0.39, 0.29) is 41.0 Å². The molecule has 48 heavy (non-hydrogen) atoms. The van der Waals surface area contributed by atoms with Gasteiger partial charge in [-0.1, -0.05) is 57.1 Å². The van der Waals surface area contributed by atoms with Crippen LogP contribution in [-0.2, 0) is 25.5 Å². The predicted octanol–water partition coefficient (Wildman–Crippen LogP) is 6.24. The maximum Gasteiger partial charge on any atom is 0.303 e. The molecular formula is C39H58N4O5. The van der Waals surface area contributed by atoms with E-state index in [0.717, 1.165) is 50.3 Å². The predicted molar refractivity (Wildman–Crippen MR) is 181 cm³/mol. The number of hydrogen-bond acceptors (Lipinski definition) is 8. The van der Waals surface area contributed by atoms with Crippen molar-refractivity contribution in [1.29, 1.82) is 0 Å². The maximum atomic E-state index is 12.0. The van der Waals surface area contributed by atoms with Gasteiger partial charge in [0.15, 0.2) is 12.3 Å². The molecule has 7 aliphatic rings. The molecule has 1 unspecified atom stereocenters. The van der Waals surface area contributed by atoms with E-state index >= 15 is 0 Å². The Hall–Kier alpha value is -2.07. The lowest BCUT2D eigenvalue weighted by atomic mass is 9.56. The summed E-state index contributed by atoms with van der Waals surface area (Å²) in [6.07, 6.45) is 12.5. The lowest BCUT2D eigenvalue weighted by Crippen LogP contribution is -2.51. The molecule has 1 aromatic rings. The van der Waals surface area contributed by atoms with Gasteiger partial charge < -0.3 is 19.3 Å². The van der Waals surface area contributed by atoms with Gasteiger partial charge in [0.2, 0.25) is 0 Å². The second kappa shape index (κ2) is 12.0. The van der Waals surface area contributed by atoms with Crippen molar-refractivity contribution in [2.24, 2.45) is 46.8 Å². The van der Waals surface area contributed by atoms with E-state index in [9.17, 15) is 9.90 Å². The zero-order valence-corrected chi connectivity index (χ0v) is 30.2. The van der Waals surface area contributed by atoms with E-state index < -0.39 is 12.3 Å². The number of nitrogens with zero attached hydrogens (tertiary/aromatic N) is 4. The average molecular weight is 663 g/mol. The minimum absolute atomic E-state index is 0.157. The summed E-state index contributed by atoms with van der Waals surface area (Å²) >= 11 is 0. The van der Waals surface area contributed by atoms with Gasteiger partial charge in [-0.25, -0.2) is 4.68 Å². The summed E-state index contributed by atoms with van der Waals surface area (Å²) in [5.74, 6) is 3.16. The Morgan fingerprint density at radius 2 is 1.98 bits per heavy atom. The summed E-state index contributed by atoms with van der Waals surface area (Å²) in [4.78, 5) is 14.6. The molecule has 2 saturated carbocycles. The van der Waals surface area contributed by atoms with Gasteiger partial charge in [-0.3, -0.25) is 9.69 Å². The highest BCUT2D eigenvalue weighted by atomic mass is 16.6. The average Bonchev–Trinajstić information content (AvgIpc) is 3.73. The zero-order chi connectivity index (χ0) is 33.7. The summed E-state index contributed by atoms with van der Waals surface area (Å²) in [6.45, 7) is 17.8. The molecule has 3 saturated heterocycles. The van der Waals surface area contributed by atoms with E-state index in [1.807, 2.05) is 6.20 Å². The Morgan fingerprint density at radius 1 is 1.17 bits per heavy atom. The standard InChI is InChI=1S/C39H58N4O5/c1-21-14-34-35(42(17-21)18-28-19-43(41-40-28)37-36(47-26(6)44)23(3)22(2)20-46-37)25(5)39(48-34)13-11-30-31-9-8-27-15-29(45)10-12-38(27,7)33(31)16-32(30)24(39)4/h8,19,21-23,25,29-31,33-37,45H,9-18,20H2,1-7H3/t21-,22-,23?,25+,29-,30-,31-,33-,34+,35-,36+,37+,38-,39-/m0/s1. The van der Waals surface area contributed by atoms with E-state index in [4.69, 9.17) is 14.2 Å². The van der Waals surface area contributed by atoms with Crippen molar-refractivity contribution in [2.75, 3.05) is 13.2 Å². The number of aromatic nitrogens is 3. The van der Waals surface area contributed by atoms with Crippen LogP contribution >= 0.6 is 0 Å². The fourth-order valence-electron chi connectivity index (χ4n) is 12.0. The second-order valence-electron chi connectivity index (χ2n) is 17.5. The van der Waals surface area contributed by atoms with Crippen molar-refractivity contribution in [3.63, 3.8) is 0 Å². The maximum absolute atomic E-state index is 12.0. The first kappa shape index (κ1) is 33.1. The Labute approximate surface area is 286 Å².